The minimum atomic E-state index is -3.30. The van der Waals surface area contributed by atoms with E-state index in [4.69, 9.17) is 0 Å². The van der Waals surface area contributed by atoms with E-state index in [9.17, 15) is 8.42 Å². The van der Waals surface area contributed by atoms with Crippen LogP contribution in [0.25, 0.3) is 0 Å². The third kappa shape index (κ3) is 3.35. The van der Waals surface area contributed by atoms with E-state index >= 15 is 0 Å². The molecule has 100 valence electrons. The van der Waals surface area contributed by atoms with E-state index < -0.39 is 9.84 Å². The van der Waals surface area contributed by atoms with Gasteiger partial charge in [0.05, 0.1) is 10.6 Å². The zero-order valence-corrected chi connectivity index (χ0v) is 11.9. The molecule has 0 fully saturated rings. The third-order valence-corrected chi connectivity index (χ3v) is 4.58. The normalized spacial score (nSPS) is 11.3. The van der Waals surface area contributed by atoms with E-state index in [2.05, 4.69) is 0 Å². The van der Waals surface area contributed by atoms with Gasteiger partial charge in [-0.15, -0.1) is 0 Å². The Bertz CT molecular complexity index is 649. The average molecular weight is 275 g/mol. The number of sulfone groups is 1. The monoisotopic (exact) mass is 275 g/mol. The Balaban J connectivity index is 2.32. The molecule has 4 heteroatoms. The summed E-state index contributed by atoms with van der Waals surface area (Å²) in [5.74, 6) is 0.0325. The van der Waals surface area contributed by atoms with Crippen LogP contribution in [0.1, 0.15) is 5.56 Å². The molecule has 0 radical (unpaired) electrons. The highest BCUT2D eigenvalue weighted by Gasteiger charge is 2.15. The zero-order chi connectivity index (χ0) is 13.9. The molecule has 0 spiro atoms. The summed E-state index contributed by atoms with van der Waals surface area (Å²) in [5.41, 5.74) is 1.69. The molecule has 0 N–H and O–H groups in total. The van der Waals surface area contributed by atoms with Gasteiger partial charge >= 0.3 is 0 Å². The molecule has 0 atom stereocenters. The van der Waals surface area contributed by atoms with Crippen molar-refractivity contribution in [3.63, 3.8) is 0 Å². The number of nitrogens with zero attached hydrogens (tertiary/aromatic N) is 1. The first-order valence-electron chi connectivity index (χ1n) is 6.03. The lowest BCUT2D eigenvalue weighted by molar-refractivity contribution is 0.595. The fourth-order valence-electron chi connectivity index (χ4n) is 1.83. The van der Waals surface area contributed by atoms with E-state index in [0.717, 1.165) is 11.3 Å². The number of anilines is 1. The van der Waals surface area contributed by atoms with Crippen LogP contribution in [0.15, 0.2) is 59.5 Å². The molecule has 2 rings (SSSR count). The summed E-state index contributed by atoms with van der Waals surface area (Å²) in [6, 6.07) is 16.2. The van der Waals surface area contributed by atoms with Crippen molar-refractivity contribution >= 4 is 15.5 Å². The van der Waals surface area contributed by atoms with Crippen molar-refractivity contribution in [2.45, 2.75) is 10.6 Å². The molecule has 0 saturated heterocycles. The lowest BCUT2D eigenvalue weighted by Crippen LogP contribution is -2.10. The van der Waals surface area contributed by atoms with E-state index in [-0.39, 0.29) is 5.75 Å². The molecule has 0 bridgehead atoms. The highest BCUT2D eigenvalue weighted by Crippen LogP contribution is 2.21. The van der Waals surface area contributed by atoms with Crippen LogP contribution in [0, 0.1) is 0 Å². The SMILES string of the molecule is CN(C)c1cccc(S(=O)(=O)Cc2ccccc2)c1. The Morgan fingerprint density at radius 2 is 1.63 bits per heavy atom. The quantitative estimate of drug-likeness (QED) is 0.861. The number of benzene rings is 2. The molecule has 0 aromatic heterocycles. The molecule has 2 aromatic carbocycles. The van der Waals surface area contributed by atoms with Gasteiger partial charge in [0.15, 0.2) is 9.84 Å². The van der Waals surface area contributed by atoms with Gasteiger partial charge in [0.2, 0.25) is 0 Å². The zero-order valence-electron chi connectivity index (χ0n) is 11.1. The maximum absolute atomic E-state index is 12.4. The summed E-state index contributed by atoms with van der Waals surface area (Å²) in [6.45, 7) is 0. The fourth-order valence-corrected chi connectivity index (χ4v) is 3.22. The van der Waals surface area contributed by atoms with E-state index in [1.807, 2.05) is 55.4 Å². The largest absolute Gasteiger partial charge is 0.378 e. The molecule has 0 aliphatic carbocycles. The molecule has 19 heavy (non-hydrogen) atoms. The van der Waals surface area contributed by atoms with Crippen molar-refractivity contribution in [2.24, 2.45) is 0 Å². The lowest BCUT2D eigenvalue weighted by Gasteiger charge is -2.13. The van der Waals surface area contributed by atoms with E-state index in [1.165, 1.54) is 0 Å². The standard InChI is InChI=1S/C15H17NO2S/c1-16(2)14-9-6-10-15(11-14)19(17,18)12-13-7-4-3-5-8-13/h3-11H,12H2,1-2H3. The van der Waals surface area contributed by atoms with Crippen LogP contribution in [0.3, 0.4) is 0 Å². The maximum Gasteiger partial charge on any atom is 0.182 e. The lowest BCUT2D eigenvalue weighted by atomic mass is 10.2. The number of rotatable bonds is 4. The van der Waals surface area contributed by atoms with Crippen LogP contribution in [-0.4, -0.2) is 22.5 Å². The summed E-state index contributed by atoms with van der Waals surface area (Å²) in [6.07, 6.45) is 0. The summed E-state index contributed by atoms with van der Waals surface area (Å²) in [7, 11) is 0.488. The Morgan fingerprint density at radius 3 is 2.26 bits per heavy atom. The van der Waals surface area contributed by atoms with Gasteiger partial charge in [-0.2, -0.15) is 0 Å². The van der Waals surface area contributed by atoms with Gasteiger partial charge in [0, 0.05) is 19.8 Å². The van der Waals surface area contributed by atoms with E-state index in [0.29, 0.717) is 4.90 Å². The topological polar surface area (TPSA) is 37.4 Å². The second-order valence-corrected chi connectivity index (χ2v) is 6.63. The fraction of sp³-hybridized carbons (Fsp3) is 0.200. The van der Waals surface area contributed by atoms with Crippen LogP contribution in [0.5, 0.6) is 0 Å². The smallest absolute Gasteiger partial charge is 0.182 e. The van der Waals surface area contributed by atoms with Gasteiger partial charge in [-0.3, -0.25) is 0 Å². The van der Waals surface area contributed by atoms with Gasteiger partial charge in [-0.1, -0.05) is 36.4 Å². The molecule has 3 nitrogen and oxygen atoms in total. The van der Waals surface area contributed by atoms with Crippen LogP contribution >= 0.6 is 0 Å². The van der Waals surface area contributed by atoms with Crippen molar-refractivity contribution < 1.29 is 8.42 Å². The van der Waals surface area contributed by atoms with Crippen molar-refractivity contribution in [1.29, 1.82) is 0 Å². The molecular formula is C15H17NO2S. The molecular weight excluding hydrogens is 258 g/mol. The first-order valence-corrected chi connectivity index (χ1v) is 7.68. The minimum absolute atomic E-state index is 0.0325. The number of hydrogen-bond acceptors (Lipinski definition) is 3. The van der Waals surface area contributed by atoms with Crippen molar-refractivity contribution in [1.82, 2.24) is 0 Å². The summed E-state index contributed by atoms with van der Waals surface area (Å²) >= 11 is 0. The van der Waals surface area contributed by atoms with Crippen molar-refractivity contribution in [3.8, 4) is 0 Å². The predicted molar refractivity (Wildman–Crippen MR) is 78.1 cm³/mol. The minimum Gasteiger partial charge on any atom is -0.378 e. The Labute approximate surface area is 114 Å². The average Bonchev–Trinajstić information content (AvgIpc) is 2.39. The van der Waals surface area contributed by atoms with Gasteiger partial charge in [0.25, 0.3) is 0 Å². The predicted octanol–water partition coefficient (Wildman–Crippen LogP) is 2.73. The van der Waals surface area contributed by atoms with Gasteiger partial charge in [0.1, 0.15) is 0 Å². The molecule has 0 aliphatic rings. The van der Waals surface area contributed by atoms with Crippen LogP contribution < -0.4 is 4.90 Å². The third-order valence-electron chi connectivity index (χ3n) is 2.89. The van der Waals surface area contributed by atoms with E-state index in [1.54, 1.807) is 18.2 Å². The Hall–Kier alpha value is -1.81. The molecule has 0 heterocycles. The highest BCUT2D eigenvalue weighted by atomic mass is 32.2. The Morgan fingerprint density at radius 1 is 0.947 bits per heavy atom. The summed E-state index contributed by atoms with van der Waals surface area (Å²) in [4.78, 5) is 2.25. The van der Waals surface area contributed by atoms with Crippen LogP contribution in [-0.2, 0) is 15.6 Å². The highest BCUT2D eigenvalue weighted by molar-refractivity contribution is 7.90. The molecule has 2 aromatic rings. The molecule has 0 aliphatic heterocycles. The first-order chi connectivity index (χ1) is 8.99. The first kappa shape index (κ1) is 13.6. The van der Waals surface area contributed by atoms with Crippen LogP contribution in [0.2, 0.25) is 0 Å². The second kappa shape index (κ2) is 5.45. The molecule has 0 amide bonds. The number of hydrogen-bond donors (Lipinski definition) is 0. The molecule has 0 unspecified atom stereocenters. The van der Waals surface area contributed by atoms with Gasteiger partial charge in [-0.05, 0) is 23.8 Å². The van der Waals surface area contributed by atoms with Gasteiger partial charge in [-0.25, -0.2) is 8.42 Å². The molecule has 0 saturated carbocycles. The van der Waals surface area contributed by atoms with Crippen LogP contribution in [0.4, 0.5) is 5.69 Å². The summed E-state index contributed by atoms with van der Waals surface area (Å²) in [5, 5.41) is 0. The maximum atomic E-state index is 12.4. The Kier molecular flexibility index (Phi) is 3.90. The van der Waals surface area contributed by atoms with Crippen molar-refractivity contribution in [2.75, 3.05) is 19.0 Å². The second-order valence-electron chi connectivity index (χ2n) is 4.64. The summed E-state index contributed by atoms with van der Waals surface area (Å²) < 4.78 is 24.7. The van der Waals surface area contributed by atoms with Crippen molar-refractivity contribution in [3.05, 3.63) is 60.2 Å². The van der Waals surface area contributed by atoms with Gasteiger partial charge < -0.3 is 4.90 Å².